The van der Waals surface area contributed by atoms with E-state index in [1.54, 1.807) is 17.8 Å². The van der Waals surface area contributed by atoms with Gasteiger partial charge in [-0.15, -0.1) is 0 Å². The highest BCUT2D eigenvalue weighted by atomic mass is 16.1. The molecule has 5 nitrogen and oxygen atoms in total. The zero-order valence-corrected chi connectivity index (χ0v) is 8.58. The average molecular weight is 212 g/mol. The molecule has 16 heavy (non-hydrogen) atoms. The molecule has 0 spiro atoms. The molecule has 2 heterocycles. The molecule has 0 unspecified atom stereocenters. The van der Waals surface area contributed by atoms with Gasteiger partial charge in [0.25, 0.3) is 5.56 Å². The number of nitrogens with zero attached hydrogens (tertiary/aromatic N) is 4. The summed E-state index contributed by atoms with van der Waals surface area (Å²) < 4.78 is 1.56. The van der Waals surface area contributed by atoms with Crippen molar-refractivity contribution in [3.05, 3.63) is 41.2 Å². The van der Waals surface area contributed by atoms with Crippen LogP contribution >= 0.6 is 0 Å². The van der Waals surface area contributed by atoms with Crippen LogP contribution in [-0.4, -0.2) is 19.5 Å². The second-order valence-corrected chi connectivity index (χ2v) is 3.58. The zero-order chi connectivity index (χ0) is 11.1. The Morgan fingerprint density at radius 3 is 2.88 bits per heavy atom. The van der Waals surface area contributed by atoms with Gasteiger partial charge in [-0.1, -0.05) is 0 Å². The number of rotatable bonds is 0. The molecule has 0 aliphatic heterocycles. The van der Waals surface area contributed by atoms with Crippen LogP contribution in [0.25, 0.3) is 21.9 Å². The fraction of sp³-hybridized carbons (Fsp3) is 0.0909. The molecule has 0 aliphatic carbocycles. The smallest absolute Gasteiger partial charge is 0.269 e. The van der Waals surface area contributed by atoms with Gasteiger partial charge in [-0.05, 0) is 12.1 Å². The molecule has 0 radical (unpaired) electrons. The topological polar surface area (TPSA) is 60.7 Å². The molecular weight excluding hydrogens is 204 g/mol. The standard InChI is InChI=1S/C11H8N4O/c1-15-10-3-8-7(4-12-6-14-8)2-9(10)13-5-11(15)16/h2-6H,1H3. The Bertz CT molecular complexity index is 748. The third-order valence-corrected chi connectivity index (χ3v) is 2.61. The van der Waals surface area contributed by atoms with Crippen LogP contribution in [0.5, 0.6) is 0 Å². The van der Waals surface area contributed by atoms with Gasteiger partial charge in [0, 0.05) is 18.6 Å². The van der Waals surface area contributed by atoms with Gasteiger partial charge in [-0.2, -0.15) is 0 Å². The van der Waals surface area contributed by atoms with Gasteiger partial charge in [0.05, 0.1) is 22.7 Å². The van der Waals surface area contributed by atoms with E-state index in [2.05, 4.69) is 15.0 Å². The summed E-state index contributed by atoms with van der Waals surface area (Å²) in [5.74, 6) is 0. The minimum atomic E-state index is -0.124. The maximum atomic E-state index is 11.4. The van der Waals surface area contributed by atoms with Crippen LogP contribution < -0.4 is 5.56 Å². The van der Waals surface area contributed by atoms with E-state index in [1.165, 1.54) is 12.5 Å². The molecule has 3 rings (SSSR count). The van der Waals surface area contributed by atoms with E-state index in [4.69, 9.17) is 0 Å². The predicted molar refractivity (Wildman–Crippen MR) is 60.1 cm³/mol. The van der Waals surface area contributed by atoms with E-state index in [1.807, 2.05) is 12.1 Å². The zero-order valence-electron chi connectivity index (χ0n) is 8.58. The van der Waals surface area contributed by atoms with Gasteiger partial charge in [0.1, 0.15) is 6.33 Å². The molecule has 0 atom stereocenters. The van der Waals surface area contributed by atoms with Crippen molar-refractivity contribution in [2.24, 2.45) is 7.05 Å². The Balaban J connectivity index is 2.56. The van der Waals surface area contributed by atoms with Gasteiger partial charge < -0.3 is 4.57 Å². The van der Waals surface area contributed by atoms with Crippen molar-refractivity contribution in [2.45, 2.75) is 0 Å². The fourth-order valence-corrected chi connectivity index (χ4v) is 1.71. The van der Waals surface area contributed by atoms with Crippen LogP contribution in [0.15, 0.2) is 35.6 Å². The Morgan fingerprint density at radius 2 is 2.00 bits per heavy atom. The van der Waals surface area contributed by atoms with E-state index in [-0.39, 0.29) is 5.56 Å². The SMILES string of the molecule is Cn1c(=O)cnc2cc3cncnc3cc21. The van der Waals surface area contributed by atoms with Crippen molar-refractivity contribution in [2.75, 3.05) is 0 Å². The second kappa shape index (κ2) is 3.10. The van der Waals surface area contributed by atoms with Crippen molar-refractivity contribution >= 4 is 21.9 Å². The minimum Gasteiger partial charge on any atom is -0.308 e. The number of fused-ring (bicyclic) bond motifs is 2. The molecular formula is C11H8N4O. The van der Waals surface area contributed by atoms with Crippen molar-refractivity contribution in [3.8, 4) is 0 Å². The molecule has 0 bridgehead atoms. The molecule has 0 saturated carbocycles. The lowest BCUT2D eigenvalue weighted by molar-refractivity contribution is 0.892. The summed E-state index contributed by atoms with van der Waals surface area (Å²) in [5.41, 5.74) is 2.23. The molecule has 78 valence electrons. The molecule has 0 saturated heterocycles. The van der Waals surface area contributed by atoms with Crippen molar-refractivity contribution in [1.29, 1.82) is 0 Å². The van der Waals surface area contributed by atoms with Crippen LogP contribution in [0.4, 0.5) is 0 Å². The molecule has 0 N–H and O–H groups in total. The lowest BCUT2D eigenvalue weighted by Crippen LogP contribution is -2.16. The lowest BCUT2D eigenvalue weighted by atomic mass is 10.2. The van der Waals surface area contributed by atoms with Gasteiger partial charge in [-0.3, -0.25) is 4.79 Å². The van der Waals surface area contributed by atoms with Crippen molar-refractivity contribution in [3.63, 3.8) is 0 Å². The van der Waals surface area contributed by atoms with Gasteiger partial charge >= 0.3 is 0 Å². The lowest BCUT2D eigenvalue weighted by Gasteiger charge is -2.04. The highest BCUT2D eigenvalue weighted by Gasteiger charge is 2.03. The first-order valence-electron chi connectivity index (χ1n) is 4.81. The average Bonchev–Trinajstić information content (AvgIpc) is 2.32. The van der Waals surface area contributed by atoms with Crippen LogP contribution in [0.1, 0.15) is 0 Å². The molecule has 3 aromatic rings. The quantitative estimate of drug-likeness (QED) is 0.519. The summed E-state index contributed by atoms with van der Waals surface area (Å²) in [6.45, 7) is 0. The summed E-state index contributed by atoms with van der Waals surface area (Å²) >= 11 is 0. The third-order valence-electron chi connectivity index (χ3n) is 2.61. The normalized spacial score (nSPS) is 11.1. The Kier molecular flexibility index (Phi) is 1.73. The van der Waals surface area contributed by atoms with Gasteiger partial charge in [-0.25, -0.2) is 15.0 Å². The maximum Gasteiger partial charge on any atom is 0.269 e. The molecule has 0 amide bonds. The number of hydrogen-bond donors (Lipinski definition) is 0. The minimum absolute atomic E-state index is 0.124. The van der Waals surface area contributed by atoms with Crippen LogP contribution in [-0.2, 0) is 7.05 Å². The van der Waals surface area contributed by atoms with Crippen LogP contribution in [0, 0.1) is 0 Å². The number of aryl methyl sites for hydroxylation is 1. The van der Waals surface area contributed by atoms with E-state index >= 15 is 0 Å². The Hall–Kier alpha value is -2.30. The molecule has 0 fully saturated rings. The molecule has 0 aliphatic rings. The first-order chi connectivity index (χ1) is 7.75. The molecule has 2 aromatic heterocycles. The van der Waals surface area contributed by atoms with E-state index < -0.39 is 0 Å². The van der Waals surface area contributed by atoms with E-state index in [0.29, 0.717) is 0 Å². The monoisotopic (exact) mass is 212 g/mol. The van der Waals surface area contributed by atoms with Gasteiger partial charge in [0.2, 0.25) is 0 Å². The van der Waals surface area contributed by atoms with Crippen LogP contribution in [0.3, 0.4) is 0 Å². The summed E-state index contributed by atoms with van der Waals surface area (Å²) in [5, 5.41) is 0.918. The van der Waals surface area contributed by atoms with Crippen molar-refractivity contribution < 1.29 is 0 Å². The summed E-state index contributed by atoms with van der Waals surface area (Å²) in [6, 6.07) is 3.73. The molecule has 5 heteroatoms. The molecule has 1 aromatic carbocycles. The highest BCUT2D eigenvalue weighted by Crippen LogP contribution is 2.16. The van der Waals surface area contributed by atoms with E-state index in [9.17, 15) is 4.79 Å². The largest absolute Gasteiger partial charge is 0.308 e. The first kappa shape index (κ1) is 8.96. The fourth-order valence-electron chi connectivity index (χ4n) is 1.71. The number of hydrogen-bond acceptors (Lipinski definition) is 4. The Morgan fingerprint density at radius 1 is 1.12 bits per heavy atom. The summed E-state index contributed by atoms with van der Waals surface area (Å²) in [7, 11) is 1.72. The maximum absolute atomic E-state index is 11.4. The third kappa shape index (κ3) is 1.18. The number of benzene rings is 1. The van der Waals surface area contributed by atoms with Gasteiger partial charge in [0.15, 0.2) is 0 Å². The van der Waals surface area contributed by atoms with E-state index in [0.717, 1.165) is 21.9 Å². The summed E-state index contributed by atoms with van der Waals surface area (Å²) in [4.78, 5) is 23.6. The summed E-state index contributed by atoms with van der Waals surface area (Å²) in [6.07, 6.45) is 4.54. The number of aromatic nitrogens is 4. The van der Waals surface area contributed by atoms with Crippen molar-refractivity contribution in [1.82, 2.24) is 19.5 Å². The van der Waals surface area contributed by atoms with Crippen LogP contribution in [0.2, 0.25) is 0 Å². The first-order valence-corrected chi connectivity index (χ1v) is 4.81. The second-order valence-electron chi connectivity index (χ2n) is 3.58. The Labute approximate surface area is 90.4 Å². The predicted octanol–water partition coefficient (Wildman–Crippen LogP) is 0.877. The highest BCUT2D eigenvalue weighted by molar-refractivity contribution is 5.92.